The van der Waals surface area contributed by atoms with E-state index in [2.05, 4.69) is 19.9 Å². The molecule has 0 aromatic heterocycles. The van der Waals surface area contributed by atoms with Gasteiger partial charge in [0, 0.05) is 6.61 Å². The van der Waals surface area contributed by atoms with Gasteiger partial charge in [-0.05, 0) is 56.8 Å². The van der Waals surface area contributed by atoms with Gasteiger partial charge in [-0.2, -0.15) is 5.26 Å². The van der Waals surface area contributed by atoms with Crippen molar-refractivity contribution in [3.8, 4) is 6.07 Å². The van der Waals surface area contributed by atoms with Crippen LogP contribution in [0.4, 0.5) is 0 Å². The van der Waals surface area contributed by atoms with E-state index in [1.807, 2.05) is 0 Å². The van der Waals surface area contributed by atoms with Gasteiger partial charge in [0.2, 0.25) is 0 Å². The Bertz CT molecular complexity index is 383. The van der Waals surface area contributed by atoms with Crippen molar-refractivity contribution in [3.63, 3.8) is 0 Å². The second-order valence-electron chi connectivity index (χ2n) is 8.91. The van der Waals surface area contributed by atoms with Crippen molar-refractivity contribution in [2.75, 3.05) is 6.61 Å². The zero-order chi connectivity index (χ0) is 18.0. The van der Waals surface area contributed by atoms with E-state index in [0.29, 0.717) is 6.10 Å². The van der Waals surface area contributed by atoms with Crippen molar-refractivity contribution in [3.05, 3.63) is 0 Å². The number of hydrogen-bond donors (Lipinski definition) is 0. The number of hydrogen-bond acceptors (Lipinski definition) is 2. The number of nitriles is 1. The van der Waals surface area contributed by atoms with Gasteiger partial charge < -0.3 is 4.74 Å². The summed E-state index contributed by atoms with van der Waals surface area (Å²) in [6.07, 6.45) is 19.6. The number of unbranched alkanes of at least 4 members (excludes halogenated alkanes) is 3. The van der Waals surface area contributed by atoms with Gasteiger partial charge in [0.1, 0.15) is 0 Å². The summed E-state index contributed by atoms with van der Waals surface area (Å²) in [5.41, 5.74) is -0.0373. The molecule has 2 saturated carbocycles. The van der Waals surface area contributed by atoms with E-state index in [-0.39, 0.29) is 5.41 Å². The smallest absolute Gasteiger partial charge is 0.0689 e. The molecule has 2 fully saturated rings. The van der Waals surface area contributed by atoms with Gasteiger partial charge in [0.25, 0.3) is 0 Å². The van der Waals surface area contributed by atoms with Crippen LogP contribution in [0.5, 0.6) is 0 Å². The second-order valence-corrected chi connectivity index (χ2v) is 8.91. The Labute approximate surface area is 156 Å². The quantitative estimate of drug-likeness (QED) is 0.397. The maximum atomic E-state index is 9.52. The van der Waals surface area contributed by atoms with Crippen LogP contribution in [0, 0.1) is 28.6 Å². The first-order valence-corrected chi connectivity index (χ1v) is 11.2. The molecule has 0 spiro atoms. The predicted molar refractivity (Wildman–Crippen MR) is 105 cm³/mol. The first-order valence-electron chi connectivity index (χ1n) is 11.2. The molecule has 2 rings (SSSR count). The highest BCUT2D eigenvalue weighted by atomic mass is 16.5. The maximum absolute atomic E-state index is 9.52. The summed E-state index contributed by atoms with van der Waals surface area (Å²) in [6.45, 7) is 5.46. The third kappa shape index (κ3) is 6.93. The first kappa shape index (κ1) is 20.8. The van der Waals surface area contributed by atoms with E-state index in [1.165, 1.54) is 57.8 Å². The lowest BCUT2D eigenvalue weighted by Gasteiger charge is -2.36. The predicted octanol–water partition coefficient (Wildman–Crippen LogP) is 7.03. The molecule has 0 unspecified atom stereocenters. The Morgan fingerprint density at radius 3 is 2.16 bits per heavy atom. The standard InChI is InChI=1S/C23H41NO/c1-3-5-6-7-8-20-9-11-21(12-10-20)18-25-22-13-16-23(19-24,15-4-2)17-14-22/h20-22H,3-18H2,1-2H3. The molecule has 2 aliphatic rings. The lowest BCUT2D eigenvalue weighted by Crippen LogP contribution is -2.31. The molecule has 25 heavy (non-hydrogen) atoms. The van der Waals surface area contributed by atoms with Crippen LogP contribution >= 0.6 is 0 Å². The van der Waals surface area contributed by atoms with Crippen LogP contribution in [0.25, 0.3) is 0 Å². The van der Waals surface area contributed by atoms with Crippen molar-refractivity contribution in [1.29, 1.82) is 5.26 Å². The summed E-state index contributed by atoms with van der Waals surface area (Å²) in [4.78, 5) is 0. The molecule has 0 aromatic rings. The van der Waals surface area contributed by atoms with E-state index in [4.69, 9.17) is 4.74 Å². The minimum Gasteiger partial charge on any atom is -0.378 e. The van der Waals surface area contributed by atoms with E-state index in [9.17, 15) is 5.26 Å². The Balaban J connectivity index is 1.57. The van der Waals surface area contributed by atoms with Crippen LogP contribution in [0.15, 0.2) is 0 Å². The Morgan fingerprint density at radius 2 is 1.56 bits per heavy atom. The average Bonchev–Trinajstić information content (AvgIpc) is 2.66. The highest BCUT2D eigenvalue weighted by Crippen LogP contribution is 2.41. The monoisotopic (exact) mass is 347 g/mol. The lowest BCUT2D eigenvalue weighted by molar-refractivity contribution is -0.0183. The minimum absolute atomic E-state index is 0.0373. The van der Waals surface area contributed by atoms with Gasteiger partial charge >= 0.3 is 0 Å². The van der Waals surface area contributed by atoms with Crippen molar-refractivity contribution in [2.24, 2.45) is 17.3 Å². The maximum Gasteiger partial charge on any atom is 0.0689 e. The molecule has 0 atom stereocenters. The largest absolute Gasteiger partial charge is 0.378 e. The van der Waals surface area contributed by atoms with Crippen LogP contribution in [0.3, 0.4) is 0 Å². The van der Waals surface area contributed by atoms with Crippen LogP contribution in [-0.4, -0.2) is 12.7 Å². The molecule has 0 radical (unpaired) electrons. The molecule has 2 aliphatic carbocycles. The molecule has 0 saturated heterocycles. The Morgan fingerprint density at radius 1 is 0.880 bits per heavy atom. The Hall–Kier alpha value is -0.550. The molecule has 2 heteroatoms. The van der Waals surface area contributed by atoms with Crippen LogP contribution in [-0.2, 0) is 4.74 Å². The van der Waals surface area contributed by atoms with Crippen molar-refractivity contribution in [2.45, 2.75) is 116 Å². The van der Waals surface area contributed by atoms with E-state index in [0.717, 1.165) is 57.0 Å². The van der Waals surface area contributed by atoms with Gasteiger partial charge in [-0.25, -0.2) is 0 Å². The summed E-state index contributed by atoms with van der Waals surface area (Å²) in [7, 11) is 0. The molecule has 0 heterocycles. The normalized spacial score (nSPS) is 33.1. The zero-order valence-electron chi connectivity index (χ0n) is 16.9. The fourth-order valence-corrected chi connectivity index (χ4v) is 5.03. The third-order valence-corrected chi connectivity index (χ3v) is 6.86. The number of ether oxygens (including phenoxy) is 1. The van der Waals surface area contributed by atoms with Crippen LogP contribution in [0.2, 0.25) is 0 Å². The summed E-state index contributed by atoms with van der Waals surface area (Å²) in [5.74, 6) is 1.79. The molecule has 0 aliphatic heterocycles. The van der Waals surface area contributed by atoms with Gasteiger partial charge in [0.05, 0.1) is 17.6 Å². The topological polar surface area (TPSA) is 33.0 Å². The molecular formula is C23H41NO. The number of rotatable bonds is 10. The zero-order valence-corrected chi connectivity index (χ0v) is 16.9. The van der Waals surface area contributed by atoms with E-state index in [1.54, 1.807) is 0 Å². The molecular weight excluding hydrogens is 306 g/mol. The second kappa shape index (κ2) is 11.2. The third-order valence-electron chi connectivity index (χ3n) is 6.86. The van der Waals surface area contributed by atoms with Crippen molar-refractivity contribution < 1.29 is 4.74 Å². The summed E-state index contributed by atoms with van der Waals surface area (Å²) in [6, 6.07) is 2.62. The summed E-state index contributed by atoms with van der Waals surface area (Å²) in [5, 5.41) is 9.52. The summed E-state index contributed by atoms with van der Waals surface area (Å²) < 4.78 is 6.28. The average molecular weight is 348 g/mol. The fourth-order valence-electron chi connectivity index (χ4n) is 5.03. The highest BCUT2D eigenvalue weighted by molar-refractivity contribution is 5.01. The molecule has 0 bridgehead atoms. The molecule has 0 aromatic carbocycles. The van der Waals surface area contributed by atoms with Crippen molar-refractivity contribution >= 4 is 0 Å². The van der Waals surface area contributed by atoms with E-state index >= 15 is 0 Å². The van der Waals surface area contributed by atoms with Gasteiger partial charge in [-0.15, -0.1) is 0 Å². The summed E-state index contributed by atoms with van der Waals surface area (Å²) >= 11 is 0. The number of nitrogens with zero attached hydrogens (tertiary/aromatic N) is 1. The fraction of sp³-hybridized carbons (Fsp3) is 0.957. The van der Waals surface area contributed by atoms with E-state index < -0.39 is 0 Å². The molecule has 0 N–H and O–H groups in total. The van der Waals surface area contributed by atoms with Crippen molar-refractivity contribution in [1.82, 2.24) is 0 Å². The van der Waals surface area contributed by atoms with Gasteiger partial charge in [-0.1, -0.05) is 65.2 Å². The molecule has 0 amide bonds. The highest BCUT2D eigenvalue weighted by Gasteiger charge is 2.35. The molecule has 2 nitrogen and oxygen atoms in total. The minimum atomic E-state index is -0.0373. The first-order chi connectivity index (χ1) is 12.2. The van der Waals surface area contributed by atoms with Gasteiger partial charge in [-0.3, -0.25) is 0 Å². The van der Waals surface area contributed by atoms with Crippen LogP contribution < -0.4 is 0 Å². The van der Waals surface area contributed by atoms with Gasteiger partial charge in [0.15, 0.2) is 0 Å². The lowest BCUT2D eigenvalue weighted by atomic mass is 9.71. The SMILES string of the molecule is CCCCCCC1CCC(COC2CCC(C#N)(CCC)CC2)CC1. The Kier molecular flexibility index (Phi) is 9.32. The van der Waals surface area contributed by atoms with Crippen LogP contribution in [0.1, 0.15) is 110 Å². The molecule has 144 valence electrons.